The van der Waals surface area contributed by atoms with E-state index < -0.39 is 0 Å². The van der Waals surface area contributed by atoms with Crippen LogP contribution < -0.4 is 11.1 Å². The average Bonchev–Trinajstić information content (AvgIpc) is 2.80. The normalized spacial score (nSPS) is 10.5. The van der Waals surface area contributed by atoms with Crippen LogP contribution in [-0.2, 0) is 6.54 Å². The Bertz CT molecular complexity index is 740. The van der Waals surface area contributed by atoms with Crippen LogP contribution in [0, 0.1) is 0 Å². The van der Waals surface area contributed by atoms with Crippen molar-refractivity contribution in [2.45, 2.75) is 6.54 Å². The number of nitrogens with two attached hydrogens (primary N) is 1. The van der Waals surface area contributed by atoms with Crippen LogP contribution in [0.1, 0.15) is 5.56 Å². The first-order chi connectivity index (χ1) is 10.2. The van der Waals surface area contributed by atoms with Gasteiger partial charge in [0.05, 0.1) is 6.54 Å². The molecule has 1 aromatic carbocycles. The zero-order valence-corrected chi connectivity index (χ0v) is 12.7. The summed E-state index contributed by atoms with van der Waals surface area (Å²) in [6.45, 7) is 0.558. The molecule has 0 aliphatic rings. The number of benzene rings is 1. The minimum absolute atomic E-state index is 0.355. The van der Waals surface area contributed by atoms with Crippen LogP contribution in [0.15, 0.2) is 53.1 Å². The van der Waals surface area contributed by atoms with Crippen molar-refractivity contribution in [2.24, 2.45) is 0 Å². The lowest BCUT2D eigenvalue weighted by molar-refractivity contribution is 0.698. The molecule has 3 aromatic rings. The monoisotopic (exact) mass is 344 g/mol. The molecule has 0 spiro atoms. The van der Waals surface area contributed by atoms with Gasteiger partial charge in [0.1, 0.15) is 5.82 Å². The summed E-state index contributed by atoms with van der Waals surface area (Å²) in [6.07, 6.45) is 1.70. The highest BCUT2D eigenvalue weighted by molar-refractivity contribution is 9.10. The third kappa shape index (κ3) is 3.38. The first kappa shape index (κ1) is 13.6. The van der Waals surface area contributed by atoms with E-state index in [9.17, 15) is 0 Å². The van der Waals surface area contributed by atoms with Crippen molar-refractivity contribution in [2.75, 3.05) is 11.1 Å². The van der Waals surface area contributed by atoms with Gasteiger partial charge in [-0.15, -0.1) is 5.10 Å². The third-order valence-corrected chi connectivity index (χ3v) is 3.32. The maximum Gasteiger partial charge on any atom is 0.249 e. The predicted molar refractivity (Wildman–Crippen MR) is 85.2 cm³/mol. The van der Waals surface area contributed by atoms with Crippen LogP contribution in [0.4, 0.5) is 17.7 Å². The minimum atomic E-state index is 0.355. The molecule has 0 saturated carbocycles. The smallest absolute Gasteiger partial charge is 0.249 e. The summed E-state index contributed by atoms with van der Waals surface area (Å²) >= 11 is 3.45. The van der Waals surface area contributed by atoms with Gasteiger partial charge >= 0.3 is 0 Å². The van der Waals surface area contributed by atoms with Crippen molar-refractivity contribution in [3.63, 3.8) is 0 Å². The van der Waals surface area contributed by atoms with E-state index in [0.29, 0.717) is 24.3 Å². The van der Waals surface area contributed by atoms with Crippen LogP contribution in [0.2, 0.25) is 0 Å². The Morgan fingerprint density at radius 2 is 2.10 bits per heavy atom. The molecule has 6 nitrogen and oxygen atoms in total. The first-order valence-electron chi connectivity index (χ1n) is 6.33. The topological polar surface area (TPSA) is 81.7 Å². The number of anilines is 3. The molecule has 0 aliphatic carbocycles. The van der Waals surface area contributed by atoms with Gasteiger partial charge in [0.15, 0.2) is 0 Å². The molecule has 0 radical (unpaired) electrons. The second kappa shape index (κ2) is 5.92. The largest absolute Gasteiger partial charge is 0.368 e. The van der Waals surface area contributed by atoms with E-state index in [2.05, 4.69) is 36.3 Å². The Morgan fingerprint density at radius 3 is 2.86 bits per heavy atom. The summed E-state index contributed by atoms with van der Waals surface area (Å²) < 4.78 is 2.66. The molecule has 21 heavy (non-hydrogen) atoms. The Morgan fingerprint density at radius 1 is 1.19 bits per heavy atom. The fourth-order valence-electron chi connectivity index (χ4n) is 1.88. The fraction of sp³-hybridized carbons (Fsp3) is 0.0714. The van der Waals surface area contributed by atoms with E-state index in [4.69, 9.17) is 5.73 Å². The second-order valence-corrected chi connectivity index (χ2v) is 5.34. The number of pyridine rings is 1. The lowest BCUT2D eigenvalue weighted by Gasteiger charge is -2.03. The minimum Gasteiger partial charge on any atom is -0.368 e. The van der Waals surface area contributed by atoms with Crippen LogP contribution >= 0.6 is 15.9 Å². The molecule has 0 aliphatic heterocycles. The Hall–Kier alpha value is -2.41. The number of nitrogens with zero attached hydrogens (tertiary/aromatic N) is 4. The van der Waals surface area contributed by atoms with E-state index in [1.54, 1.807) is 10.9 Å². The molecule has 2 aromatic heterocycles. The van der Waals surface area contributed by atoms with Crippen LogP contribution in [0.5, 0.6) is 0 Å². The summed E-state index contributed by atoms with van der Waals surface area (Å²) in [5.74, 6) is 1.46. The quantitative estimate of drug-likeness (QED) is 0.760. The standard InChI is InChI=1S/C14H13BrN6/c15-11-5-3-4-10(8-11)9-21-13(16)19-14(20-21)18-12-6-1-2-7-17-12/h1-8H,9H2,(H3,16,17,18,19,20). The van der Waals surface area contributed by atoms with Crippen molar-refractivity contribution in [1.82, 2.24) is 19.7 Å². The maximum atomic E-state index is 5.90. The second-order valence-electron chi connectivity index (χ2n) is 4.42. The number of nitrogen functional groups attached to an aromatic ring is 1. The summed E-state index contributed by atoms with van der Waals surface area (Å²) in [7, 11) is 0. The molecule has 0 fully saturated rings. The SMILES string of the molecule is Nc1nc(Nc2ccccn2)nn1Cc1cccc(Br)c1. The molecule has 106 valence electrons. The molecule has 0 unspecified atom stereocenters. The highest BCUT2D eigenvalue weighted by Gasteiger charge is 2.08. The molecule has 2 heterocycles. The number of aromatic nitrogens is 4. The third-order valence-electron chi connectivity index (χ3n) is 2.83. The Balaban J connectivity index is 1.78. The lowest BCUT2D eigenvalue weighted by atomic mass is 10.2. The summed E-state index contributed by atoms with van der Waals surface area (Å²) in [5.41, 5.74) is 6.99. The number of hydrogen-bond acceptors (Lipinski definition) is 5. The van der Waals surface area contributed by atoms with Crippen molar-refractivity contribution < 1.29 is 0 Å². The molecule has 0 saturated heterocycles. The van der Waals surface area contributed by atoms with Crippen molar-refractivity contribution in [3.8, 4) is 0 Å². The highest BCUT2D eigenvalue weighted by atomic mass is 79.9. The number of halogens is 1. The summed E-state index contributed by atoms with van der Waals surface area (Å²) in [5, 5.41) is 7.36. The van der Waals surface area contributed by atoms with Crippen molar-refractivity contribution in [1.29, 1.82) is 0 Å². The molecule has 7 heteroatoms. The molecule has 3 rings (SSSR count). The Kier molecular flexibility index (Phi) is 3.83. The van der Waals surface area contributed by atoms with E-state index in [-0.39, 0.29) is 0 Å². The van der Waals surface area contributed by atoms with E-state index in [0.717, 1.165) is 10.0 Å². The average molecular weight is 345 g/mol. The van der Waals surface area contributed by atoms with Gasteiger partial charge in [-0.25, -0.2) is 9.67 Å². The van der Waals surface area contributed by atoms with E-state index in [1.807, 2.05) is 42.5 Å². The zero-order chi connectivity index (χ0) is 14.7. The first-order valence-corrected chi connectivity index (χ1v) is 7.13. The Labute approximate surface area is 130 Å². The molecular weight excluding hydrogens is 332 g/mol. The van der Waals surface area contributed by atoms with E-state index in [1.165, 1.54) is 0 Å². The van der Waals surface area contributed by atoms with Gasteiger partial charge in [-0.3, -0.25) is 0 Å². The van der Waals surface area contributed by atoms with Crippen molar-refractivity contribution >= 4 is 33.6 Å². The lowest BCUT2D eigenvalue weighted by Crippen LogP contribution is -2.06. The summed E-state index contributed by atoms with van der Waals surface area (Å²) in [4.78, 5) is 8.35. The van der Waals surface area contributed by atoms with Crippen LogP contribution in [0.25, 0.3) is 0 Å². The number of rotatable bonds is 4. The van der Waals surface area contributed by atoms with Gasteiger partial charge < -0.3 is 11.1 Å². The maximum absolute atomic E-state index is 5.90. The molecule has 0 amide bonds. The predicted octanol–water partition coefficient (Wildman–Crippen LogP) is 2.81. The molecule has 3 N–H and O–H groups in total. The van der Waals surface area contributed by atoms with Gasteiger partial charge in [0, 0.05) is 10.7 Å². The van der Waals surface area contributed by atoms with Gasteiger partial charge in [-0.2, -0.15) is 4.98 Å². The number of nitrogens with one attached hydrogen (secondary N) is 1. The van der Waals surface area contributed by atoms with Crippen LogP contribution in [0.3, 0.4) is 0 Å². The summed E-state index contributed by atoms with van der Waals surface area (Å²) in [6, 6.07) is 13.5. The van der Waals surface area contributed by atoms with Gasteiger partial charge in [-0.05, 0) is 29.8 Å². The fourth-order valence-corrected chi connectivity index (χ4v) is 2.33. The zero-order valence-electron chi connectivity index (χ0n) is 11.1. The van der Waals surface area contributed by atoms with Gasteiger partial charge in [0.25, 0.3) is 0 Å². The van der Waals surface area contributed by atoms with E-state index >= 15 is 0 Å². The molecule has 0 atom stereocenters. The van der Waals surface area contributed by atoms with Gasteiger partial charge in [-0.1, -0.05) is 34.1 Å². The van der Waals surface area contributed by atoms with Crippen molar-refractivity contribution in [3.05, 3.63) is 58.7 Å². The number of hydrogen-bond donors (Lipinski definition) is 2. The van der Waals surface area contributed by atoms with Crippen LogP contribution in [-0.4, -0.2) is 19.7 Å². The highest BCUT2D eigenvalue weighted by Crippen LogP contribution is 2.15. The molecular formula is C14H13BrN6. The molecule has 0 bridgehead atoms. The van der Waals surface area contributed by atoms with Gasteiger partial charge in [0.2, 0.25) is 11.9 Å².